The van der Waals surface area contributed by atoms with Gasteiger partial charge in [0.2, 0.25) is 0 Å². The zero-order chi connectivity index (χ0) is 20.2. The number of carbonyl (C=O) groups is 1. The van der Waals surface area contributed by atoms with Crippen molar-refractivity contribution in [2.45, 2.75) is 51.6 Å². The van der Waals surface area contributed by atoms with Crippen molar-refractivity contribution >= 4 is 34.2 Å². The Bertz CT molecular complexity index is 1010. The van der Waals surface area contributed by atoms with E-state index < -0.39 is 0 Å². The molecule has 1 aliphatic rings. The average Bonchev–Trinajstić information content (AvgIpc) is 2.74. The van der Waals surface area contributed by atoms with E-state index in [1.54, 1.807) is 0 Å². The number of nitrogens with zero attached hydrogens (tertiary/aromatic N) is 2. The molecule has 2 amide bonds. The van der Waals surface area contributed by atoms with Crippen molar-refractivity contribution in [3.05, 3.63) is 70.9 Å². The van der Waals surface area contributed by atoms with Crippen LogP contribution in [0.15, 0.2) is 54.6 Å². The molecule has 1 N–H and O–H groups in total. The van der Waals surface area contributed by atoms with Crippen molar-refractivity contribution in [1.82, 2.24) is 9.88 Å². The number of hydrogen-bond donors (Lipinski definition) is 1. The number of urea groups is 1. The van der Waals surface area contributed by atoms with Crippen molar-refractivity contribution in [2.75, 3.05) is 5.32 Å². The summed E-state index contributed by atoms with van der Waals surface area (Å²) in [4.78, 5) is 19.8. The van der Waals surface area contributed by atoms with E-state index in [9.17, 15) is 4.79 Å². The highest BCUT2D eigenvalue weighted by molar-refractivity contribution is 6.30. The van der Waals surface area contributed by atoms with Gasteiger partial charge in [0.25, 0.3) is 0 Å². The average molecular weight is 408 g/mol. The Morgan fingerprint density at radius 1 is 1.10 bits per heavy atom. The molecule has 150 valence electrons. The number of aromatic nitrogens is 1. The molecule has 0 aliphatic heterocycles. The summed E-state index contributed by atoms with van der Waals surface area (Å²) >= 11 is 6.51. The largest absolute Gasteiger partial charge is 0.322 e. The molecule has 4 rings (SSSR count). The first-order valence-corrected chi connectivity index (χ1v) is 10.7. The van der Waals surface area contributed by atoms with E-state index in [0.29, 0.717) is 11.7 Å². The standard InChI is InChI=1S/C24H26ClN3O/c1-17-9-5-7-13-21(17)27-24(29)28(20-11-3-2-4-12-20)16-19-15-18-10-6-8-14-22(18)26-23(19)25/h5-10,13-15,20H,2-4,11-12,16H2,1H3,(H,27,29). The number of para-hydroxylation sites is 2. The Morgan fingerprint density at radius 3 is 2.62 bits per heavy atom. The molecule has 1 aliphatic carbocycles. The maximum Gasteiger partial charge on any atom is 0.322 e. The predicted octanol–water partition coefficient (Wildman–Crippen LogP) is 6.56. The van der Waals surface area contributed by atoms with Gasteiger partial charge >= 0.3 is 6.03 Å². The van der Waals surface area contributed by atoms with E-state index in [-0.39, 0.29) is 12.1 Å². The molecule has 0 spiro atoms. The van der Waals surface area contributed by atoms with E-state index in [4.69, 9.17) is 11.6 Å². The number of fused-ring (bicyclic) bond motifs is 1. The van der Waals surface area contributed by atoms with E-state index in [0.717, 1.165) is 53.4 Å². The van der Waals surface area contributed by atoms with E-state index in [1.165, 1.54) is 6.42 Å². The number of carbonyl (C=O) groups excluding carboxylic acids is 1. The van der Waals surface area contributed by atoms with Crippen LogP contribution in [0.3, 0.4) is 0 Å². The van der Waals surface area contributed by atoms with Crippen LogP contribution in [-0.2, 0) is 6.54 Å². The number of nitrogens with one attached hydrogen (secondary N) is 1. The fourth-order valence-corrected chi connectivity index (χ4v) is 4.30. The molecule has 0 saturated heterocycles. The molecule has 0 bridgehead atoms. The fraction of sp³-hybridized carbons (Fsp3) is 0.333. The molecule has 4 nitrogen and oxygen atoms in total. The number of halogens is 1. The Balaban J connectivity index is 1.63. The summed E-state index contributed by atoms with van der Waals surface area (Å²) in [6.45, 7) is 2.46. The second-order valence-corrected chi connectivity index (χ2v) is 8.15. The van der Waals surface area contributed by atoms with Gasteiger partial charge in [-0.25, -0.2) is 9.78 Å². The number of hydrogen-bond acceptors (Lipinski definition) is 2. The molecule has 0 atom stereocenters. The number of pyridine rings is 1. The van der Waals surface area contributed by atoms with Crippen LogP contribution in [0, 0.1) is 6.92 Å². The molecule has 0 radical (unpaired) electrons. The van der Waals surface area contributed by atoms with Gasteiger partial charge in [0.15, 0.2) is 0 Å². The molecule has 2 aromatic carbocycles. The molecule has 5 heteroatoms. The third-order valence-electron chi connectivity index (χ3n) is 5.75. The molecule has 0 unspecified atom stereocenters. The Labute approximate surface area is 176 Å². The normalized spacial score (nSPS) is 14.7. The van der Waals surface area contributed by atoms with Crippen molar-refractivity contribution in [1.29, 1.82) is 0 Å². The number of amides is 2. The highest BCUT2D eigenvalue weighted by Crippen LogP contribution is 2.28. The summed E-state index contributed by atoms with van der Waals surface area (Å²) in [5.74, 6) is 0. The minimum atomic E-state index is -0.0737. The molecule has 3 aromatic rings. The fourth-order valence-electron chi connectivity index (χ4n) is 4.09. The molecular formula is C24H26ClN3O. The number of benzene rings is 2. The number of anilines is 1. The maximum atomic E-state index is 13.3. The monoisotopic (exact) mass is 407 g/mol. The zero-order valence-corrected chi connectivity index (χ0v) is 17.5. The first kappa shape index (κ1) is 19.7. The van der Waals surface area contributed by atoms with Crippen LogP contribution in [-0.4, -0.2) is 22.0 Å². The van der Waals surface area contributed by atoms with Crippen LogP contribution in [0.4, 0.5) is 10.5 Å². The second-order valence-electron chi connectivity index (χ2n) is 7.80. The minimum Gasteiger partial charge on any atom is -0.317 e. The highest BCUT2D eigenvalue weighted by Gasteiger charge is 2.27. The predicted molar refractivity (Wildman–Crippen MR) is 119 cm³/mol. The van der Waals surface area contributed by atoms with Gasteiger partial charge in [-0.1, -0.05) is 67.3 Å². The summed E-state index contributed by atoms with van der Waals surface area (Å²) in [5, 5.41) is 4.61. The Hall–Kier alpha value is -2.59. The van der Waals surface area contributed by atoms with Gasteiger partial charge in [0.05, 0.1) is 12.1 Å². The topological polar surface area (TPSA) is 45.2 Å². The molecular weight excluding hydrogens is 382 g/mol. The van der Waals surface area contributed by atoms with Gasteiger partial charge in [-0.05, 0) is 43.5 Å². The molecule has 1 heterocycles. The number of aryl methyl sites for hydroxylation is 1. The van der Waals surface area contributed by atoms with Crippen LogP contribution in [0.25, 0.3) is 10.9 Å². The van der Waals surface area contributed by atoms with Gasteiger partial charge in [0, 0.05) is 22.7 Å². The summed E-state index contributed by atoms with van der Waals surface area (Å²) in [6, 6.07) is 18.0. The number of rotatable bonds is 4. The summed E-state index contributed by atoms with van der Waals surface area (Å²) in [5.41, 5.74) is 3.65. The third kappa shape index (κ3) is 4.54. The van der Waals surface area contributed by atoms with Crippen LogP contribution < -0.4 is 5.32 Å². The van der Waals surface area contributed by atoms with E-state index >= 15 is 0 Å². The van der Waals surface area contributed by atoms with Crippen LogP contribution in [0.2, 0.25) is 5.15 Å². The van der Waals surface area contributed by atoms with Gasteiger partial charge in [0.1, 0.15) is 5.15 Å². The van der Waals surface area contributed by atoms with Gasteiger partial charge in [-0.2, -0.15) is 0 Å². The van der Waals surface area contributed by atoms with E-state index in [2.05, 4.69) is 16.4 Å². The quantitative estimate of drug-likeness (QED) is 0.497. The van der Waals surface area contributed by atoms with Gasteiger partial charge in [-0.3, -0.25) is 0 Å². The van der Waals surface area contributed by atoms with Gasteiger partial charge in [-0.15, -0.1) is 0 Å². The van der Waals surface area contributed by atoms with Crippen LogP contribution >= 0.6 is 11.6 Å². The smallest absolute Gasteiger partial charge is 0.317 e. The first-order chi connectivity index (χ1) is 14.1. The van der Waals surface area contributed by atoms with Crippen molar-refractivity contribution in [3.8, 4) is 0 Å². The van der Waals surface area contributed by atoms with Gasteiger partial charge < -0.3 is 10.2 Å². The van der Waals surface area contributed by atoms with E-state index in [1.807, 2.05) is 60.4 Å². The summed E-state index contributed by atoms with van der Waals surface area (Å²) in [7, 11) is 0. The van der Waals surface area contributed by atoms with Crippen molar-refractivity contribution in [2.24, 2.45) is 0 Å². The molecule has 1 aromatic heterocycles. The van der Waals surface area contributed by atoms with Crippen molar-refractivity contribution < 1.29 is 4.79 Å². The summed E-state index contributed by atoms with van der Waals surface area (Å²) in [6.07, 6.45) is 5.60. The first-order valence-electron chi connectivity index (χ1n) is 10.3. The van der Waals surface area contributed by atoms with Crippen LogP contribution in [0.1, 0.15) is 43.2 Å². The Morgan fingerprint density at radius 2 is 1.83 bits per heavy atom. The van der Waals surface area contributed by atoms with Crippen molar-refractivity contribution in [3.63, 3.8) is 0 Å². The second kappa shape index (κ2) is 8.83. The molecule has 1 fully saturated rings. The Kier molecular flexibility index (Phi) is 6.00. The lowest BCUT2D eigenvalue weighted by atomic mass is 9.94. The third-order valence-corrected chi connectivity index (χ3v) is 6.08. The summed E-state index contributed by atoms with van der Waals surface area (Å²) < 4.78 is 0. The zero-order valence-electron chi connectivity index (χ0n) is 16.7. The molecule has 1 saturated carbocycles. The lowest BCUT2D eigenvalue weighted by Gasteiger charge is -2.34. The van der Waals surface area contributed by atoms with Crippen LogP contribution in [0.5, 0.6) is 0 Å². The lowest BCUT2D eigenvalue weighted by molar-refractivity contribution is 0.163. The minimum absolute atomic E-state index is 0.0737. The molecule has 29 heavy (non-hydrogen) atoms. The lowest BCUT2D eigenvalue weighted by Crippen LogP contribution is -2.43. The SMILES string of the molecule is Cc1ccccc1NC(=O)N(Cc1cc2ccccc2nc1Cl)C1CCCCC1. The highest BCUT2D eigenvalue weighted by atomic mass is 35.5. The maximum absolute atomic E-state index is 13.3.